The summed E-state index contributed by atoms with van der Waals surface area (Å²) in [5.74, 6) is -0.188. The van der Waals surface area contributed by atoms with Crippen LogP contribution in [0.3, 0.4) is 0 Å². The molecule has 0 aromatic heterocycles. The lowest BCUT2D eigenvalue weighted by molar-refractivity contribution is -0.428. The highest BCUT2D eigenvalue weighted by atomic mass is 17.2. The number of esters is 1. The number of ether oxygens (including phenoxy) is 1. The molecule has 0 aromatic rings. The van der Waals surface area contributed by atoms with Crippen LogP contribution < -0.4 is 0 Å². The molecule has 0 aliphatic carbocycles. The molecular formula is C25H40O6. The normalized spacial score (nSPS) is 35.5. The summed E-state index contributed by atoms with van der Waals surface area (Å²) in [5.41, 5.74) is -0.921. The minimum atomic E-state index is -0.542. The lowest BCUT2D eigenvalue weighted by atomic mass is 9.82. The first-order chi connectivity index (χ1) is 14.9. The summed E-state index contributed by atoms with van der Waals surface area (Å²) >= 11 is 0. The molecule has 3 rings (SSSR count). The van der Waals surface area contributed by atoms with Crippen LogP contribution in [0.4, 0.5) is 0 Å². The third kappa shape index (κ3) is 7.41. The molecule has 176 valence electrons. The second-order valence-corrected chi connectivity index (χ2v) is 9.74. The van der Waals surface area contributed by atoms with E-state index >= 15 is 0 Å². The summed E-state index contributed by atoms with van der Waals surface area (Å²) in [6.07, 6.45) is 20.5. The molecule has 31 heavy (non-hydrogen) atoms. The number of fused-ring (bicyclic) bond motifs is 1. The molecule has 0 radical (unpaired) electrons. The van der Waals surface area contributed by atoms with Crippen LogP contribution in [-0.2, 0) is 29.1 Å². The standard InChI is InChI=1S/C25H40O6/c1-4-13-20-15-16-21(29-28-20)14-11-9-7-5-6-8-10-12-17-24(2)19-25(3)22(30-31-24)18-23(26)27-25/h11,14-16,20-22H,4-10,12-13,17-19H2,1-3H3/b14-11+/t20-,21+,22-,24-,25-/m0/s1. The Balaban J connectivity index is 1.19. The van der Waals surface area contributed by atoms with Crippen molar-refractivity contribution in [3.8, 4) is 0 Å². The van der Waals surface area contributed by atoms with Gasteiger partial charge in [-0.1, -0.05) is 69.8 Å². The van der Waals surface area contributed by atoms with Crippen LogP contribution in [0.15, 0.2) is 24.3 Å². The van der Waals surface area contributed by atoms with Crippen LogP contribution in [0.1, 0.15) is 97.8 Å². The summed E-state index contributed by atoms with van der Waals surface area (Å²) in [6.45, 7) is 6.17. The fourth-order valence-electron chi connectivity index (χ4n) is 4.75. The van der Waals surface area contributed by atoms with Gasteiger partial charge < -0.3 is 4.74 Å². The summed E-state index contributed by atoms with van der Waals surface area (Å²) in [7, 11) is 0. The fourth-order valence-corrected chi connectivity index (χ4v) is 4.75. The number of hydrogen-bond donors (Lipinski definition) is 0. The molecule has 2 saturated heterocycles. The van der Waals surface area contributed by atoms with Crippen molar-refractivity contribution in [2.24, 2.45) is 0 Å². The van der Waals surface area contributed by atoms with Crippen molar-refractivity contribution in [2.45, 2.75) is 127 Å². The molecule has 0 aromatic carbocycles. The molecule has 0 bridgehead atoms. The van der Waals surface area contributed by atoms with Crippen LogP contribution in [0.25, 0.3) is 0 Å². The molecule has 0 N–H and O–H groups in total. The molecule has 3 aliphatic rings. The lowest BCUT2D eigenvalue weighted by Crippen LogP contribution is -2.51. The molecule has 0 saturated carbocycles. The first kappa shape index (κ1) is 24.4. The van der Waals surface area contributed by atoms with Gasteiger partial charge in [-0.05, 0) is 39.5 Å². The number of carbonyl (C=O) groups excluding carboxylic acids is 1. The van der Waals surface area contributed by atoms with Gasteiger partial charge in [0.2, 0.25) is 0 Å². The van der Waals surface area contributed by atoms with Crippen molar-refractivity contribution in [2.75, 3.05) is 0 Å². The maximum Gasteiger partial charge on any atom is 0.309 e. The molecule has 5 atom stereocenters. The average Bonchev–Trinajstić information content (AvgIpc) is 3.03. The largest absolute Gasteiger partial charge is 0.456 e. The molecule has 0 unspecified atom stereocenters. The van der Waals surface area contributed by atoms with E-state index in [0.29, 0.717) is 12.8 Å². The maximum absolute atomic E-state index is 11.6. The average molecular weight is 437 g/mol. The van der Waals surface area contributed by atoms with E-state index in [4.69, 9.17) is 24.3 Å². The third-order valence-corrected chi connectivity index (χ3v) is 6.50. The number of allylic oxidation sites excluding steroid dienone is 1. The van der Waals surface area contributed by atoms with Crippen LogP contribution in [0.5, 0.6) is 0 Å². The van der Waals surface area contributed by atoms with Crippen molar-refractivity contribution in [3.05, 3.63) is 24.3 Å². The number of rotatable bonds is 12. The third-order valence-electron chi connectivity index (χ3n) is 6.50. The van der Waals surface area contributed by atoms with Gasteiger partial charge in [0, 0.05) is 6.42 Å². The van der Waals surface area contributed by atoms with Crippen molar-refractivity contribution < 1.29 is 29.1 Å². The highest BCUT2D eigenvalue weighted by Crippen LogP contribution is 2.44. The SMILES string of the molecule is CCC[C@H]1C=C[C@@H](/C=C/CCCCCCCC[C@@]2(C)C[C@]3(C)OC(=O)C[C@@H]3OO2)OO1. The Bertz CT molecular complexity index is 632. The predicted molar refractivity (Wildman–Crippen MR) is 118 cm³/mol. The van der Waals surface area contributed by atoms with E-state index in [1.54, 1.807) is 0 Å². The van der Waals surface area contributed by atoms with E-state index in [9.17, 15) is 4.79 Å². The fraction of sp³-hybridized carbons (Fsp3) is 0.800. The van der Waals surface area contributed by atoms with Crippen molar-refractivity contribution in [3.63, 3.8) is 0 Å². The zero-order valence-corrected chi connectivity index (χ0v) is 19.5. The van der Waals surface area contributed by atoms with Crippen LogP contribution in [0.2, 0.25) is 0 Å². The maximum atomic E-state index is 11.6. The van der Waals surface area contributed by atoms with E-state index in [1.165, 1.54) is 32.1 Å². The Morgan fingerprint density at radius 2 is 1.81 bits per heavy atom. The molecule has 3 aliphatic heterocycles. The summed E-state index contributed by atoms with van der Waals surface area (Å²) in [4.78, 5) is 33.5. The first-order valence-corrected chi connectivity index (χ1v) is 12.2. The molecule has 0 amide bonds. The van der Waals surface area contributed by atoms with Gasteiger partial charge in [0.05, 0.1) is 6.42 Å². The van der Waals surface area contributed by atoms with Gasteiger partial charge >= 0.3 is 5.97 Å². The Labute approximate surface area is 187 Å². The molecule has 3 heterocycles. The summed E-state index contributed by atoms with van der Waals surface area (Å²) in [5, 5.41) is 0. The number of hydrogen-bond acceptors (Lipinski definition) is 6. The van der Waals surface area contributed by atoms with Gasteiger partial charge in [-0.3, -0.25) is 4.79 Å². The number of carbonyl (C=O) groups is 1. The van der Waals surface area contributed by atoms with Crippen LogP contribution >= 0.6 is 0 Å². The van der Waals surface area contributed by atoms with Gasteiger partial charge in [0.25, 0.3) is 0 Å². The van der Waals surface area contributed by atoms with E-state index < -0.39 is 5.60 Å². The Morgan fingerprint density at radius 1 is 1.03 bits per heavy atom. The van der Waals surface area contributed by atoms with Crippen LogP contribution in [-0.4, -0.2) is 35.5 Å². The second-order valence-electron chi connectivity index (χ2n) is 9.74. The van der Waals surface area contributed by atoms with Gasteiger partial charge in [-0.15, -0.1) is 0 Å². The Kier molecular flexibility index (Phi) is 9.14. The lowest BCUT2D eigenvalue weighted by Gasteiger charge is -2.43. The molecule has 0 spiro atoms. The smallest absolute Gasteiger partial charge is 0.309 e. The molecule has 6 nitrogen and oxygen atoms in total. The molecule has 2 fully saturated rings. The molecular weight excluding hydrogens is 396 g/mol. The van der Waals surface area contributed by atoms with Crippen molar-refractivity contribution in [1.29, 1.82) is 0 Å². The first-order valence-electron chi connectivity index (χ1n) is 12.2. The highest BCUT2D eigenvalue weighted by molar-refractivity contribution is 5.73. The van der Waals surface area contributed by atoms with Crippen LogP contribution in [0, 0.1) is 0 Å². The molecule has 6 heteroatoms. The zero-order valence-electron chi connectivity index (χ0n) is 19.5. The van der Waals surface area contributed by atoms with Gasteiger partial charge in [0.1, 0.15) is 29.5 Å². The van der Waals surface area contributed by atoms with Crippen molar-refractivity contribution >= 4 is 5.97 Å². The summed E-state index contributed by atoms with van der Waals surface area (Å²) in [6, 6.07) is 0. The number of unbranched alkanes of at least 4 members (excludes halogenated alkanes) is 6. The minimum Gasteiger partial charge on any atom is -0.456 e. The van der Waals surface area contributed by atoms with Gasteiger partial charge in [0.15, 0.2) is 0 Å². The van der Waals surface area contributed by atoms with Gasteiger partial charge in [-0.2, -0.15) is 0 Å². The van der Waals surface area contributed by atoms with Crippen molar-refractivity contribution in [1.82, 2.24) is 0 Å². The Hall–Kier alpha value is -1.21. The van der Waals surface area contributed by atoms with E-state index in [-0.39, 0.29) is 29.9 Å². The minimum absolute atomic E-state index is 0.0502. The predicted octanol–water partition coefficient (Wildman–Crippen LogP) is 5.90. The quantitative estimate of drug-likeness (QED) is 0.164. The van der Waals surface area contributed by atoms with Gasteiger partial charge in [-0.25, -0.2) is 19.6 Å². The second kappa shape index (κ2) is 11.6. The van der Waals surface area contributed by atoms with E-state index in [1.807, 2.05) is 6.92 Å². The monoisotopic (exact) mass is 436 g/mol. The zero-order chi connectivity index (χ0) is 22.2. The summed E-state index contributed by atoms with van der Waals surface area (Å²) < 4.78 is 5.52. The van der Waals surface area contributed by atoms with E-state index in [0.717, 1.165) is 32.1 Å². The van der Waals surface area contributed by atoms with E-state index in [2.05, 4.69) is 38.2 Å². The Morgan fingerprint density at radius 3 is 2.55 bits per heavy atom. The topological polar surface area (TPSA) is 63.2 Å². The highest BCUT2D eigenvalue weighted by Gasteiger charge is 2.55.